The first kappa shape index (κ1) is 13.1. The molecule has 0 aromatic heterocycles. The van der Waals surface area contributed by atoms with Gasteiger partial charge in [0.15, 0.2) is 0 Å². The van der Waals surface area contributed by atoms with E-state index in [0.29, 0.717) is 0 Å². The van der Waals surface area contributed by atoms with Crippen LogP contribution in [0.5, 0.6) is 0 Å². The Morgan fingerprint density at radius 1 is 1.00 bits per heavy atom. The van der Waals surface area contributed by atoms with E-state index >= 15 is 0 Å². The predicted octanol–water partition coefficient (Wildman–Crippen LogP) is 4.01. The number of fused-ring (bicyclic) bond motifs is 2. The molecule has 2 aliphatic carbocycles. The lowest BCUT2D eigenvalue weighted by molar-refractivity contribution is 0.318. The van der Waals surface area contributed by atoms with Gasteiger partial charge in [-0.2, -0.15) is 0 Å². The zero-order chi connectivity index (χ0) is 11.2. The predicted molar refractivity (Wildman–Crippen MR) is 79.2 cm³/mol. The summed E-state index contributed by atoms with van der Waals surface area (Å²) in [4.78, 5) is 0. The van der Waals surface area contributed by atoms with E-state index in [-0.39, 0.29) is 0 Å². The number of halogens is 1. The Kier molecular flexibility index (Phi) is 5.91. The number of hydrogen-bond donors (Lipinski definition) is 1. The highest BCUT2D eigenvalue weighted by atomic mass is 127. The van der Waals surface area contributed by atoms with Crippen molar-refractivity contribution < 1.29 is 0 Å². The van der Waals surface area contributed by atoms with Crippen LogP contribution in [-0.2, 0) is 0 Å². The Morgan fingerprint density at radius 2 is 1.88 bits per heavy atom. The standard InChI is InChI=1S/C14H26IN/c15-7-3-1-2-4-8-16-11-14-10-12-5-6-13(14)9-12/h12-14,16H,1-11H2. The molecule has 2 fully saturated rings. The first-order chi connectivity index (χ1) is 7.90. The van der Waals surface area contributed by atoms with Gasteiger partial charge < -0.3 is 5.32 Å². The fraction of sp³-hybridized carbons (Fsp3) is 1.00. The topological polar surface area (TPSA) is 12.0 Å². The molecule has 0 aliphatic heterocycles. The van der Waals surface area contributed by atoms with Gasteiger partial charge in [0, 0.05) is 0 Å². The third-order valence-corrected chi connectivity index (χ3v) is 5.29. The lowest BCUT2D eigenvalue weighted by Crippen LogP contribution is -2.27. The average molecular weight is 335 g/mol. The van der Waals surface area contributed by atoms with Crippen molar-refractivity contribution in [3.8, 4) is 0 Å². The van der Waals surface area contributed by atoms with Crippen LogP contribution in [-0.4, -0.2) is 17.5 Å². The molecule has 0 aromatic carbocycles. The molecule has 3 unspecified atom stereocenters. The second-order valence-electron chi connectivity index (χ2n) is 5.74. The SMILES string of the molecule is ICCCCCCNCC1CC2CCC1C2. The number of alkyl halides is 1. The molecular weight excluding hydrogens is 309 g/mol. The molecule has 0 spiro atoms. The quantitative estimate of drug-likeness (QED) is 0.402. The maximum Gasteiger partial charge on any atom is -0.000473 e. The van der Waals surface area contributed by atoms with E-state index < -0.39 is 0 Å². The van der Waals surface area contributed by atoms with Crippen LogP contribution in [0.15, 0.2) is 0 Å². The van der Waals surface area contributed by atoms with Gasteiger partial charge in [0.05, 0.1) is 0 Å². The smallest absolute Gasteiger partial charge is 0.000473 e. The molecule has 0 amide bonds. The van der Waals surface area contributed by atoms with Crippen LogP contribution < -0.4 is 5.32 Å². The Hall–Kier alpha value is 0.690. The van der Waals surface area contributed by atoms with Crippen LogP contribution in [0.3, 0.4) is 0 Å². The van der Waals surface area contributed by atoms with Crippen LogP contribution in [0.2, 0.25) is 0 Å². The summed E-state index contributed by atoms with van der Waals surface area (Å²) >= 11 is 2.48. The Balaban J connectivity index is 1.43. The maximum absolute atomic E-state index is 3.69. The summed E-state index contributed by atoms with van der Waals surface area (Å²) in [6.07, 6.45) is 11.8. The van der Waals surface area contributed by atoms with Gasteiger partial charge in [-0.05, 0) is 67.4 Å². The van der Waals surface area contributed by atoms with E-state index in [1.807, 2.05) is 0 Å². The Morgan fingerprint density at radius 3 is 2.56 bits per heavy atom. The molecule has 16 heavy (non-hydrogen) atoms. The van der Waals surface area contributed by atoms with Gasteiger partial charge in [-0.15, -0.1) is 0 Å². The van der Waals surface area contributed by atoms with Gasteiger partial charge in [-0.25, -0.2) is 0 Å². The van der Waals surface area contributed by atoms with Crippen molar-refractivity contribution in [3.05, 3.63) is 0 Å². The minimum Gasteiger partial charge on any atom is -0.316 e. The number of rotatable bonds is 8. The van der Waals surface area contributed by atoms with E-state index in [4.69, 9.17) is 0 Å². The summed E-state index contributed by atoms with van der Waals surface area (Å²) in [6, 6.07) is 0. The van der Waals surface area contributed by atoms with Crippen molar-refractivity contribution in [2.45, 2.75) is 51.4 Å². The van der Waals surface area contributed by atoms with Crippen LogP contribution >= 0.6 is 22.6 Å². The fourth-order valence-electron chi connectivity index (χ4n) is 3.61. The first-order valence-corrected chi connectivity index (χ1v) is 8.69. The van der Waals surface area contributed by atoms with Gasteiger partial charge in [-0.1, -0.05) is 41.9 Å². The van der Waals surface area contributed by atoms with Crippen LogP contribution in [0.25, 0.3) is 0 Å². The van der Waals surface area contributed by atoms with Gasteiger partial charge in [0.1, 0.15) is 0 Å². The summed E-state index contributed by atoms with van der Waals surface area (Å²) in [5, 5.41) is 3.69. The van der Waals surface area contributed by atoms with Crippen LogP contribution in [0.1, 0.15) is 51.4 Å². The Bertz CT molecular complexity index is 195. The molecule has 2 saturated carbocycles. The highest BCUT2D eigenvalue weighted by Gasteiger charge is 2.38. The lowest BCUT2D eigenvalue weighted by Gasteiger charge is -2.21. The van der Waals surface area contributed by atoms with E-state index in [0.717, 1.165) is 17.8 Å². The molecule has 0 heterocycles. The van der Waals surface area contributed by atoms with E-state index in [1.54, 1.807) is 6.42 Å². The van der Waals surface area contributed by atoms with Crippen molar-refractivity contribution in [2.75, 3.05) is 17.5 Å². The molecule has 2 bridgehead atoms. The van der Waals surface area contributed by atoms with Crippen LogP contribution in [0.4, 0.5) is 0 Å². The summed E-state index contributed by atoms with van der Waals surface area (Å²) < 4.78 is 1.33. The van der Waals surface area contributed by atoms with Crippen molar-refractivity contribution in [3.63, 3.8) is 0 Å². The normalized spacial score (nSPS) is 32.4. The first-order valence-electron chi connectivity index (χ1n) is 7.17. The van der Waals surface area contributed by atoms with E-state index in [9.17, 15) is 0 Å². The van der Waals surface area contributed by atoms with Crippen molar-refractivity contribution >= 4 is 22.6 Å². The molecule has 3 atom stereocenters. The molecule has 1 nitrogen and oxygen atoms in total. The van der Waals surface area contributed by atoms with E-state index in [1.165, 1.54) is 62.5 Å². The molecule has 0 radical (unpaired) electrons. The highest BCUT2D eigenvalue weighted by Crippen LogP contribution is 2.47. The molecule has 1 N–H and O–H groups in total. The summed E-state index contributed by atoms with van der Waals surface area (Å²) in [5.74, 6) is 3.24. The van der Waals surface area contributed by atoms with Gasteiger partial charge in [0.25, 0.3) is 0 Å². The number of hydrogen-bond acceptors (Lipinski definition) is 1. The molecule has 2 heteroatoms. The minimum atomic E-state index is 1.04. The zero-order valence-corrected chi connectivity index (χ0v) is 12.5. The monoisotopic (exact) mass is 335 g/mol. The molecule has 94 valence electrons. The summed E-state index contributed by atoms with van der Waals surface area (Å²) in [6.45, 7) is 2.57. The number of unbranched alkanes of at least 4 members (excludes halogenated alkanes) is 3. The van der Waals surface area contributed by atoms with Gasteiger partial charge in [0.2, 0.25) is 0 Å². The maximum atomic E-state index is 3.69. The van der Waals surface area contributed by atoms with Gasteiger partial charge >= 0.3 is 0 Å². The highest BCUT2D eigenvalue weighted by molar-refractivity contribution is 14.1. The third-order valence-electron chi connectivity index (χ3n) is 4.53. The molecule has 0 saturated heterocycles. The van der Waals surface area contributed by atoms with E-state index in [2.05, 4.69) is 27.9 Å². The minimum absolute atomic E-state index is 1.04. The van der Waals surface area contributed by atoms with Crippen LogP contribution in [0, 0.1) is 17.8 Å². The summed E-state index contributed by atoms with van der Waals surface area (Å²) in [5.41, 5.74) is 0. The van der Waals surface area contributed by atoms with Crippen molar-refractivity contribution in [1.82, 2.24) is 5.32 Å². The van der Waals surface area contributed by atoms with Crippen molar-refractivity contribution in [1.29, 1.82) is 0 Å². The second-order valence-corrected chi connectivity index (χ2v) is 6.82. The average Bonchev–Trinajstić information content (AvgIpc) is 2.90. The Labute approximate surface area is 114 Å². The second kappa shape index (κ2) is 7.20. The third kappa shape index (κ3) is 3.86. The number of nitrogens with one attached hydrogen (secondary N) is 1. The molecule has 2 aliphatic rings. The zero-order valence-electron chi connectivity index (χ0n) is 10.4. The molecular formula is C14H26IN. The lowest BCUT2D eigenvalue weighted by atomic mass is 9.89. The molecule has 0 aromatic rings. The summed E-state index contributed by atoms with van der Waals surface area (Å²) in [7, 11) is 0. The van der Waals surface area contributed by atoms with Crippen molar-refractivity contribution in [2.24, 2.45) is 17.8 Å². The fourth-order valence-corrected chi connectivity index (χ4v) is 4.15. The largest absolute Gasteiger partial charge is 0.316 e. The van der Waals surface area contributed by atoms with Gasteiger partial charge in [-0.3, -0.25) is 0 Å². The molecule has 2 rings (SSSR count).